The summed E-state index contributed by atoms with van der Waals surface area (Å²) >= 11 is 0. The molecule has 1 N–H and O–H groups in total. The molecular formula is C26H39F9O5. The molecule has 14 heteroatoms. The van der Waals surface area contributed by atoms with E-state index in [2.05, 4.69) is 9.47 Å². The second-order valence-electron chi connectivity index (χ2n) is 12.0. The predicted octanol–water partition coefficient (Wildman–Crippen LogP) is 7.26. The monoisotopic (exact) mass is 602 g/mol. The minimum absolute atomic E-state index is 0.0184. The summed E-state index contributed by atoms with van der Waals surface area (Å²) in [5, 5.41) is 9.50. The number of alkyl halides is 9. The maximum Gasteiger partial charge on any atom is 0.430 e. The van der Waals surface area contributed by atoms with Crippen LogP contribution in [0.5, 0.6) is 0 Å². The fourth-order valence-electron chi connectivity index (χ4n) is 5.32. The first-order valence-electron chi connectivity index (χ1n) is 13.0. The molecule has 2 fully saturated rings. The Hall–Kier alpha value is -1.73. The number of aliphatic hydroxyl groups is 1. The highest BCUT2D eigenvalue weighted by atomic mass is 19.4. The van der Waals surface area contributed by atoms with Crippen LogP contribution < -0.4 is 0 Å². The van der Waals surface area contributed by atoms with Crippen LogP contribution in [-0.2, 0) is 19.1 Å². The second kappa shape index (κ2) is 11.9. The first kappa shape index (κ1) is 36.3. The fourth-order valence-corrected chi connectivity index (χ4v) is 5.32. The Balaban J connectivity index is 0.000000459. The van der Waals surface area contributed by atoms with Gasteiger partial charge in [-0.05, 0) is 69.6 Å². The van der Waals surface area contributed by atoms with Crippen LogP contribution in [0.15, 0.2) is 0 Å². The van der Waals surface area contributed by atoms with E-state index >= 15 is 0 Å². The standard InChI is InChI=1S/C16H22F6O3.C10H17F3O2/c1-7-8(2)10-5-9(7)6-11(10)12(23)25-13(3,4)14(24,15(17,18)19)16(20,21)22;1-5-9(4,10(11,12)13)8(14)15-6-7(2)3/h7-11,24H,5-6H2,1-4H3;7H,5-6H2,1-4H3. The number of esters is 2. The topological polar surface area (TPSA) is 72.8 Å². The maximum absolute atomic E-state index is 13.0. The molecule has 40 heavy (non-hydrogen) atoms. The summed E-state index contributed by atoms with van der Waals surface area (Å²) in [6.45, 7) is 10.6. The van der Waals surface area contributed by atoms with Crippen LogP contribution in [-0.4, -0.2) is 53.4 Å². The highest BCUT2D eigenvalue weighted by Gasteiger charge is 2.79. The molecule has 2 aliphatic rings. The summed E-state index contributed by atoms with van der Waals surface area (Å²) < 4.78 is 125. The lowest BCUT2D eigenvalue weighted by Crippen LogP contribution is -2.70. The lowest BCUT2D eigenvalue weighted by atomic mass is 9.75. The van der Waals surface area contributed by atoms with Gasteiger partial charge in [0.2, 0.25) is 0 Å². The molecule has 0 radical (unpaired) electrons. The third-order valence-corrected chi connectivity index (χ3v) is 8.58. The van der Waals surface area contributed by atoms with Gasteiger partial charge in [0, 0.05) is 0 Å². The summed E-state index contributed by atoms with van der Waals surface area (Å²) in [6.07, 6.45) is -15.9. The molecule has 0 saturated heterocycles. The van der Waals surface area contributed by atoms with Gasteiger partial charge in [-0.15, -0.1) is 0 Å². The second-order valence-corrected chi connectivity index (χ2v) is 12.0. The van der Waals surface area contributed by atoms with Gasteiger partial charge in [-0.25, -0.2) is 0 Å². The Morgan fingerprint density at radius 2 is 1.32 bits per heavy atom. The summed E-state index contributed by atoms with van der Waals surface area (Å²) in [5.74, 6) is -2.41. The van der Waals surface area contributed by atoms with E-state index in [4.69, 9.17) is 0 Å². The molecule has 0 aromatic carbocycles. The Morgan fingerprint density at radius 1 is 0.850 bits per heavy atom. The Bertz CT molecular complexity index is 878. The van der Waals surface area contributed by atoms with Crippen molar-refractivity contribution in [3.8, 4) is 0 Å². The van der Waals surface area contributed by atoms with E-state index in [1.54, 1.807) is 13.8 Å². The van der Waals surface area contributed by atoms with Gasteiger partial charge in [-0.2, -0.15) is 39.5 Å². The van der Waals surface area contributed by atoms with E-state index in [-0.39, 0.29) is 36.7 Å². The molecule has 0 heterocycles. The molecule has 5 nitrogen and oxygen atoms in total. The zero-order chi connectivity index (χ0) is 31.9. The van der Waals surface area contributed by atoms with Crippen molar-refractivity contribution in [1.82, 2.24) is 0 Å². The van der Waals surface area contributed by atoms with Crippen molar-refractivity contribution in [3.63, 3.8) is 0 Å². The van der Waals surface area contributed by atoms with Gasteiger partial charge < -0.3 is 14.6 Å². The molecule has 0 spiro atoms. The zero-order valence-electron chi connectivity index (χ0n) is 23.8. The Labute approximate surface area is 228 Å². The first-order valence-corrected chi connectivity index (χ1v) is 13.0. The summed E-state index contributed by atoms with van der Waals surface area (Å²) in [5.41, 5.74) is -10.8. The van der Waals surface area contributed by atoms with E-state index in [0.29, 0.717) is 32.6 Å². The summed E-state index contributed by atoms with van der Waals surface area (Å²) in [6, 6.07) is 0. The van der Waals surface area contributed by atoms with Crippen molar-refractivity contribution in [2.75, 3.05) is 6.61 Å². The molecule has 0 aromatic heterocycles. The molecule has 2 aliphatic carbocycles. The highest BCUT2D eigenvalue weighted by molar-refractivity contribution is 5.77. The van der Waals surface area contributed by atoms with Crippen molar-refractivity contribution in [2.24, 2.45) is 40.9 Å². The number of halogens is 9. The molecule has 2 bridgehead atoms. The number of carbonyl (C=O) groups is 2. The fraction of sp³-hybridized carbons (Fsp3) is 0.923. The van der Waals surface area contributed by atoms with Crippen LogP contribution >= 0.6 is 0 Å². The lowest BCUT2D eigenvalue weighted by molar-refractivity contribution is -0.407. The van der Waals surface area contributed by atoms with Gasteiger partial charge in [-0.3, -0.25) is 9.59 Å². The van der Waals surface area contributed by atoms with Crippen LogP contribution in [0.2, 0.25) is 0 Å². The molecule has 0 aromatic rings. The third kappa shape index (κ3) is 6.83. The molecule has 0 aliphatic heterocycles. The lowest BCUT2D eigenvalue weighted by Gasteiger charge is -2.44. The number of rotatable bonds is 7. The smallest absolute Gasteiger partial charge is 0.430 e. The quantitative estimate of drug-likeness (QED) is 0.245. The van der Waals surface area contributed by atoms with Crippen LogP contribution in [0.3, 0.4) is 0 Å². The van der Waals surface area contributed by atoms with Gasteiger partial charge in [-0.1, -0.05) is 34.6 Å². The zero-order valence-corrected chi connectivity index (χ0v) is 23.8. The molecule has 6 atom stereocenters. The summed E-state index contributed by atoms with van der Waals surface area (Å²) in [7, 11) is 0. The average molecular weight is 603 g/mol. The van der Waals surface area contributed by atoms with Gasteiger partial charge in [0.1, 0.15) is 0 Å². The number of fused-ring (bicyclic) bond motifs is 2. The highest BCUT2D eigenvalue weighted by Crippen LogP contribution is 2.56. The minimum atomic E-state index is -6.05. The van der Waals surface area contributed by atoms with Crippen LogP contribution in [0.25, 0.3) is 0 Å². The Kier molecular flexibility index (Phi) is 10.8. The largest absolute Gasteiger partial charge is 0.465 e. The number of carbonyl (C=O) groups excluding carboxylic acids is 2. The van der Waals surface area contributed by atoms with Crippen LogP contribution in [0, 0.1) is 40.9 Å². The van der Waals surface area contributed by atoms with Gasteiger partial charge in [0.15, 0.2) is 11.0 Å². The van der Waals surface area contributed by atoms with E-state index in [0.717, 1.165) is 6.92 Å². The molecular weight excluding hydrogens is 563 g/mol. The molecule has 236 valence electrons. The Morgan fingerprint density at radius 3 is 1.65 bits per heavy atom. The van der Waals surface area contributed by atoms with Gasteiger partial charge in [0.25, 0.3) is 5.60 Å². The van der Waals surface area contributed by atoms with Crippen molar-refractivity contribution in [1.29, 1.82) is 0 Å². The van der Waals surface area contributed by atoms with E-state index in [1.165, 1.54) is 6.92 Å². The van der Waals surface area contributed by atoms with Crippen molar-refractivity contribution >= 4 is 11.9 Å². The number of hydrogen-bond acceptors (Lipinski definition) is 5. The average Bonchev–Trinajstić information content (AvgIpc) is 3.33. The predicted molar refractivity (Wildman–Crippen MR) is 126 cm³/mol. The van der Waals surface area contributed by atoms with Crippen LogP contribution in [0.1, 0.15) is 74.7 Å². The number of hydrogen-bond donors (Lipinski definition) is 1. The molecule has 2 rings (SSSR count). The van der Waals surface area contributed by atoms with Crippen LogP contribution in [0.4, 0.5) is 39.5 Å². The number of ether oxygens (including phenoxy) is 2. The van der Waals surface area contributed by atoms with Crippen molar-refractivity contribution < 1.29 is 63.7 Å². The van der Waals surface area contributed by atoms with E-state index in [1.807, 2.05) is 13.8 Å². The van der Waals surface area contributed by atoms with Gasteiger partial charge in [0.05, 0.1) is 12.5 Å². The molecule has 2 saturated carbocycles. The molecule has 6 unspecified atom stereocenters. The van der Waals surface area contributed by atoms with Gasteiger partial charge >= 0.3 is 30.5 Å². The first-order chi connectivity index (χ1) is 17.7. The minimum Gasteiger partial charge on any atom is -0.465 e. The SMILES string of the molecule is CC1C2CC(C(=O)OC(C)(C)C(O)(C(F)(F)F)C(F)(F)F)C(C2)C1C.CCC(C)(C(=O)OCC(C)C)C(F)(F)F. The van der Waals surface area contributed by atoms with E-state index < -0.39 is 53.0 Å². The maximum atomic E-state index is 13.0. The van der Waals surface area contributed by atoms with E-state index in [9.17, 15) is 54.2 Å². The van der Waals surface area contributed by atoms with Crippen molar-refractivity contribution in [3.05, 3.63) is 0 Å². The molecule has 0 amide bonds. The van der Waals surface area contributed by atoms with Crippen molar-refractivity contribution in [2.45, 2.75) is 104 Å². The third-order valence-electron chi connectivity index (χ3n) is 8.58. The normalized spacial score (nSPS) is 27.1. The summed E-state index contributed by atoms with van der Waals surface area (Å²) in [4.78, 5) is 23.6.